The first-order chi connectivity index (χ1) is 8.78. The molecule has 1 atom stereocenters. The van der Waals surface area contributed by atoms with Gasteiger partial charge >= 0.3 is 7.12 Å². The molecule has 0 radical (unpaired) electrons. The number of rotatable bonds is 1. The minimum absolute atomic E-state index is 0.0539. The molecule has 0 amide bonds. The van der Waals surface area contributed by atoms with Crippen LogP contribution in [0.4, 0.5) is 0 Å². The van der Waals surface area contributed by atoms with Gasteiger partial charge in [-0.1, -0.05) is 0 Å². The van der Waals surface area contributed by atoms with Crippen LogP contribution in [0.2, 0.25) is 5.82 Å². The van der Waals surface area contributed by atoms with Gasteiger partial charge in [0.1, 0.15) is 0 Å². The molecule has 3 aliphatic carbocycles. The summed E-state index contributed by atoms with van der Waals surface area (Å²) in [5.74, 6) is 0.671. The molecule has 2 spiro atoms. The van der Waals surface area contributed by atoms with Crippen molar-refractivity contribution in [3.05, 3.63) is 0 Å². The molecule has 4 aliphatic rings. The van der Waals surface area contributed by atoms with E-state index in [0.29, 0.717) is 11.2 Å². The highest BCUT2D eigenvalue weighted by molar-refractivity contribution is 6.49. The van der Waals surface area contributed by atoms with Crippen LogP contribution in [0.1, 0.15) is 72.6 Å². The molecule has 1 unspecified atom stereocenters. The fraction of sp³-hybridized carbons (Fsp3) is 1.00. The zero-order chi connectivity index (χ0) is 13.5. The Kier molecular flexibility index (Phi) is 2.28. The maximum absolute atomic E-state index is 6.26. The van der Waals surface area contributed by atoms with Crippen LogP contribution < -0.4 is 0 Å². The molecule has 0 aromatic rings. The topological polar surface area (TPSA) is 18.5 Å². The van der Waals surface area contributed by atoms with Crippen molar-refractivity contribution in [3.8, 4) is 0 Å². The van der Waals surface area contributed by atoms with Crippen LogP contribution in [0.25, 0.3) is 0 Å². The molecular weight excluding hydrogens is 235 g/mol. The van der Waals surface area contributed by atoms with E-state index in [2.05, 4.69) is 27.7 Å². The summed E-state index contributed by atoms with van der Waals surface area (Å²) >= 11 is 0. The highest BCUT2D eigenvalue weighted by atomic mass is 16.7. The lowest BCUT2D eigenvalue weighted by Crippen LogP contribution is -2.41. The third-order valence-corrected chi connectivity index (χ3v) is 7.12. The summed E-state index contributed by atoms with van der Waals surface area (Å²) in [6, 6.07) is 0. The van der Waals surface area contributed by atoms with Crippen molar-refractivity contribution in [2.45, 2.75) is 89.7 Å². The van der Waals surface area contributed by atoms with E-state index in [1.54, 1.807) is 0 Å². The molecular formula is C16H27BO2. The van der Waals surface area contributed by atoms with E-state index in [1.807, 2.05) is 0 Å². The average molecular weight is 262 g/mol. The Balaban J connectivity index is 1.43. The van der Waals surface area contributed by atoms with E-state index in [0.717, 1.165) is 5.41 Å². The van der Waals surface area contributed by atoms with Gasteiger partial charge in [0.2, 0.25) is 0 Å². The van der Waals surface area contributed by atoms with Crippen molar-refractivity contribution < 1.29 is 9.31 Å². The number of hydrogen-bond donors (Lipinski definition) is 0. The Morgan fingerprint density at radius 2 is 1.26 bits per heavy atom. The van der Waals surface area contributed by atoms with Crippen LogP contribution >= 0.6 is 0 Å². The third-order valence-electron chi connectivity index (χ3n) is 7.12. The third kappa shape index (κ3) is 1.77. The van der Waals surface area contributed by atoms with Crippen LogP contribution in [-0.2, 0) is 9.31 Å². The highest BCUT2D eigenvalue weighted by Crippen LogP contribution is 2.73. The van der Waals surface area contributed by atoms with E-state index in [4.69, 9.17) is 9.31 Å². The van der Waals surface area contributed by atoms with Gasteiger partial charge in [0, 0.05) is 5.82 Å². The maximum Gasteiger partial charge on any atom is 0.461 e. The van der Waals surface area contributed by atoms with Crippen LogP contribution in [0.15, 0.2) is 0 Å². The zero-order valence-electron chi connectivity index (χ0n) is 12.9. The molecule has 0 bridgehead atoms. The zero-order valence-corrected chi connectivity index (χ0v) is 12.9. The predicted molar refractivity (Wildman–Crippen MR) is 77.0 cm³/mol. The van der Waals surface area contributed by atoms with E-state index < -0.39 is 0 Å². The average Bonchev–Trinajstić information content (AvgIpc) is 3.16. The quantitative estimate of drug-likeness (QED) is 0.659. The lowest BCUT2D eigenvalue weighted by atomic mass is 9.69. The summed E-state index contributed by atoms with van der Waals surface area (Å²) in [5.41, 5.74) is 1.07. The van der Waals surface area contributed by atoms with E-state index in [-0.39, 0.29) is 18.3 Å². The second kappa shape index (κ2) is 3.41. The summed E-state index contributed by atoms with van der Waals surface area (Å²) in [6.07, 6.45) is 10.2. The monoisotopic (exact) mass is 262 g/mol. The molecule has 2 nitrogen and oxygen atoms in total. The fourth-order valence-electron chi connectivity index (χ4n) is 4.35. The van der Waals surface area contributed by atoms with Crippen molar-refractivity contribution >= 4 is 7.12 Å². The Morgan fingerprint density at radius 3 is 1.74 bits per heavy atom. The second-order valence-corrected chi connectivity index (χ2v) is 8.80. The molecule has 1 aliphatic heterocycles. The minimum atomic E-state index is -0.159. The Morgan fingerprint density at radius 1 is 0.789 bits per heavy atom. The highest BCUT2D eigenvalue weighted by Gasteiger charge is 2.68. The van der Waals surface area contributed by atoms with Gasteiger partial charge in [0.25, 0.3) is 0 Å². The smallest absolute Gasteiger partial charge is 0.403 e. The van der Waals surface area contributed by atoms with Crippen molar-refractivity contribution in [1.82, 2.24) is 0 Å². The first kappa shape index (κ1) is 12.7. The normalized spacial score (nSPS) is 39.8. The minimum Gasteiger partial charge on any atom is -0.403 e. The summed E-state index contributed by atoms with van der Waals surface area (Å²) in [5, 5.41) is 0. The Labute approximate surface area is 117 Å². The number of hydrogen-bond acceptors (Lipinski definition) is 2. The van der Waals surface area contributed by atoms with Gasteiger partial charge in [-0.3, -0.25) is 0 Å². The molecule has 3 heteroatoms. The Hall–Kier alpha value is -0.0151. The standard InChI is InChI=1S/C16H27BO2/c1-13(2)14(3,4)19-17(18-13)12-11-16(12)9-7-15(5-6-15)8-10-16/h12H,5-11H2,1-4H3. The first-order valence-corrected chi connectivity index (χ1v) is 8.13. The molecule has 4 rings (SSSR count). The molecule has 4 fully saturated rings. The molecule has 1 saturated heterocycles. The van der Waals surface area contributed by atoms with Crippen LogP contribution in [0, 0.1) is 10.8 Å². The van der Waals surface area contributed by atoms with E-state index in [1.165, 1.54) is 44.9 Å². The van der Waals surface area contributed by atoms with E-state index in [9.17, 15) is 0 Å². The predicted octanol–water partition coefficient (Wildman–Crippen LogP) is 4.19. The van der Waals surface area contributed by atoms with Crippen LogP contribution in [-0.4, -0.2) is 18.3 Å². The summed E-state index contributed by atoms with van der Waals surface area (Å²) in [4.78, 5) is 0. The molecule has 0 aromatic heterocycles. The van der Waals surface area contributed by atoms with Gasteiger partial charge < -0.3 is 9.31 Å². The van der Waals surface area contributed by atoms with Crippen molar-refractivity contribution in [3.63, 3.8) is 0 Å². The largest absolute Gasteiger partial charge is 0.461 e. The maximum atomic E-state index is 6.26. The molecule has 0 aromatic carbocycles. The second-order valence-electron chi connectivity index (χ2n) is 8.80. The van der Waals surface area contributed by atoms with Gasteiger partial charge in [-0.2, -0.15) is 0 Å². The van der Waals surface area contributed by atoms with Gasteiger partial charge in [-0.25, -0.2) is 0 Å². The van der Waals surface area contributed by atoms with Gasteiger partial charge in [-0.15, -0.1) is 0 Å². The van der Waals surface area contributed by atoms with Gasteiger partial charge in [0.15, 0.2) is 0 Å². The first-order valence-electron chi connectivity index (χ1n) is 8.13. The summed E-state index contributed by atoms with van der Waals surface area (Å²) < 4.78 is 12.5. The lowest BCUT2D eigenvalue weighted by Gasteiger charge is -2.32. The fourth-order valence-corrected chi connectivity index (χ4v) is 4.35. The lowest BCUT2D eigenvalue weighted by molar-refractivity contribution is 0.00578. The summed E-state index contributed by atoms with van der Waals surface area (Å²) in [6.45, 7) is 8.68. The van der Waals surface area contributed by atoms with Crippen molar-refractivity contribution in [2.75, 3.05) is 0 Å². The Bertz CT molecular complexity index is 385. The molecule has 0 N–H and O–H groups in total. The summed E-state index contributed by atoms with van der Waals surface area (Å²) in [7, 11) is 0.0539. The van der Waals surface area contributed by atoms with E-state index >= 15 is 0 Å². The molecule has 3 saturated carbocycles. The molecule has 1 heterocycles. The van der Waals surface area contributed by atoms with Crippen molar-refractivity contribution in [2.24, 2.45) is 10.8 Å². The van der Waals surface area contributed by atoms with Crippen LogP contribution in [0.3, 0.4) is 0 Å². The SMILES string of the molecule is CC1(C)OB(C2CC23CCC2(CC2)CC3)OC1(C)C. The van der Waals surface area contributed by atoms with Crippen LogP contribution in [0.5, 0.6) is 0 Å². The molecule has 106 valence electrons. The van der Waals surface area contributed by atoms with Gasteiger partial charge in [0.05, 0.1) is 11.2 Å². The molecule has 19 heavy (non-hydrogen) atoms. The van der Waals surface area contributed by atoms with Gasteiger partial charge in [-0.05, 0) is 83.5 Å². The van der Waals surface area contributed by atoms with Crippen molar-refractivity contribution in [1.29, 1.82) is 0 Å².